The van der Waals surface area contributed by atoms with Crippen molar-refractivity contribution in [2.45, 2.75) is 43.7 Å². The highest BCUT2D eigenvalue weighted by atomic mass is 32.2. The van der Waals surface area contributed by atoms with Crippen LogP contribution in [0.2, 0.25) is 0 Å². The lowest BCUT2D eigenvalue weighted by Gasteiger charge is -2.41. The first kappa shape index (κ1) is 30.6. The molecule has 1 aromatic heterocycles. The van der Waals surface area contributed by atoms with E-state index in [0.717, 1.165) is 11.1 Å². The van der Waals surface area contributed by atoms with Crippen LogP contribution in [-0.4, -0.2) is 38.1 Å². The Kier molecular flexibility index (Phi) is 9.40. The Morgan fingerprint density at radius 2 is 1.51 bits per heavy atom. The summed E-state index contributed by atoms with van der Waals surface area (Å²) in [6.07, 6.45) is 0.0118. The molecule has 4 atom stereocenters. The molecule has 1 saturated heterocycles. The number of nitrogens with zero attached hydrogens (tertiary/aromatic N) is 2. The van der Waals surface area contributed by atoms with Crippen LogP contribution < -0.4 is 5.32 Å². The Morgan fingerprint density at radius 1 is 0.907 bits per heavy atom. The van der Waals surface area contributed by atoms with Gasteiger partial charge in [0.25, 0.3) is 5.91 Å². The maximum Gasteiger partial charge on any atom is 0.257 e. The number of rotatable bonds is 9. The van der Waals surface area contributed by atoms with Crippen LogP contribution in [0.1, 0.15) is 51.9 Å². The number of carbonyl (C=O) groups excluding carboxylic acids is 1. The number of carbonyl (C=O) groups is 1. The molecular weight excluding hydrogens is 595 g/mol. The second kappa shape index (κ2) is 13.2. The SMILES string of the molecule is C[C@@H]1[C@H](CSc2ncn[nH]2)O[C@H](c2ccc(CNC(=O)c3c(F)c(F)c(F)c(F)c3F)cc2)O[C@@H]1c1ccc(CO)cc1. The number of amides is 1. The van der Waals surface area contributed by atoms with Crippen LogP contribution in [0.5, 0.6) is 0 Å². The third kappa shape index (κ3) is 6.56. The van der Waals surface area contributed by atoms with Crippen molar-refractivity contribution in [1.82, 2.24) is 20.5 Å². The summed E-state index contributed by atoms with van der Waals surface area (Å²) in [5.74, 6) is -12.1. The zero-order chi connectivity index (χ0) is 30.7. The first-order valence-corrected chi connectivity index (χ1v) is 14.0. The van der Waals surface area contributed by atoms with E-state index in [0.29, 0.717) is 22.0 Å². The van der Waals surface area contributed by atoms with Crippen LogP contribution in [0.3, 0.4) is 0 Å². The fourth-order valence-electron chi connectivity index (χ4n) is 4.60. The fraction of sp³-hybridized carbons (Fsp3) is 0.276. The lowest BCUT2D eigenvalue weighted by molar-refractivity contribution is -0.268. The van der Waals surface area contributed by atoms with E-state index in [2.05, 4.69) is 20.5 Å². The van der Waals surface area contributed by atoms with Gasteiger partial charge in [-0.1, -0.05) is 67.2 Å². The summed E-state index contributed by atoms with van der Waals surface area (Å²) in [5.41, 5.74) is 1.24. The molecule has 4 aromatic rings. The van der Waals surface area contributed by atoms with Crippen LogP contribution in [0.15, 0.2) is 60.0 Å². The number of thioether (sulfide) groups is 1. The van der Waals surface area contributed by atoms with Crippen molar-refractivity contribution in [3.63, 3.8) is 0 Å². The predicted molar refractivity (Wildman–Crippen MR) is 144 cm³/mol. The molecule has 2 heterocycles. The van der Waals surface area contributed by atoms with Gasteiger partial charge in [0.15, 0.2) is 34.7 Å². The van der Waals surface area contributed by atoms with E-state index in [1.165, 1.54) is 18.1 Å². The molecule has 8 nitrogen and oxygen atoms in total. The zero-order valence-corrected chi connectivity index (χ0v) is 23.3. The number of ether oxygens (including phenoxy) is 2. The minimum absolute atomic E-state index is 0.0666. The number of aromatic amines is 1. The fourth-order valence-corrected chi connectivity index (χ4v) is 5.55. The second-order valence-electron chi connectivity index (χ2n) is 9.79. The molecule has 1 fully saturated rings. The molecule has 0 spiro atoms. The Labute approximate surface area is 246 Å². The molecule has 14 heteroatoms. The first-order valence-electron chi connectivity index (χ1n) is 13.0. The molecule has 0 unspecified atom stereocenters. The van der Waals surface area contributed by atoms with Crippen LogP contribution in [0, 0.1) is 35.0 Å². The smallest absolute Gasteiger partial charge is 0.257 e. The monoisotopic (exact) mass is 620 g/mol. The zero-order valence-electron chi connectivity index (χ0n) is 22.5. The molecule has 3 N–H and O–H groups in total. The van der Waals surface area contributed by atoms with Crippen molar-refractivity contribution in [1.29, 1.82) is 0 Å². The summed E-state index contributed by atoms with van der Waals surface area (Å²) in [6, 6.07) is 14.0. The summed E-state index contributed by atoms with van der Waals surface area (Å²) < 4.78 is 81.0. The minimum Gasteiger partial charge on any atom is -0.392 e. The van der Waals surface area contributed by atoms with Crippen molar-refractivity contribution in [2.24, 2.45) is 5.92 Å². The van der Waals surface area contributed by atoms with Gasteiger partial charge in [-0.15, -0.1) is 0 Å². The number of aromatic nitrogens is 3. The Balaban J connectivity index is 1.31. The van der Waals surface area contributed by atoms with E-state index < -0.39 is 46.8 Å². The highest BCUT2D eigenvalue weighted by Crippen LogP contribution is 2.42. The first-order chi connectivity index (χ1) is 20.7. The minimum atomic E-state index is -2.34. The van der Waals surface area contributed by atoms with Crippen LogP contribution in [0.4, 0.5) is 22.0 Å². The number of hydrogen-bond donors (Lipinski definition) is 3. The van der Waals surface area contributed by atoms with E-state index in [-0.39, 0.29) is 31.3 Å². The van der Waals surface area contributed by atoms with Crippen molar-refractivity contribution >= 4 is 17.7 Å². The third-order valence-electron chi connectivity index (χ3n) is 7.04. The van der Waals surface area contributed by atoms with Gasteiger partial charge in [-0.05, 0) is 16.7 Å². The van der Waals surface area contributed by atoms with E-state index in [1.807, 2.05) is 31.2 Å². The number of nitrogens with one attached hydrogen (secondary N) is 2. The predicted octanol–water partition coefficient (Wildman–Crippen LogP) is 5.51. The van der Waals surface area contributed by atoms with E-state index in [9.17, 15) is 31.9 Å². The molecule has 0 aliphatic carbocycles. The molecule has 226 valence electrons. The molecule has 0 bridgehead atoms. The summed E-state index contributed by atoms with van der Waals surface area (Å²) in [5, 5.41) is 18.9. The van der Waals surface area contributed by atoms with Gasteiger partial charge in [0.2, 0.25) is 5.82 Å². The van der Waals surface area contributed by atoms with Gasteiger partial charge < -0.3 is 19.9 Å². The number of hydrogen-bond acceptors (Lipinski definition) is 7. The number of H-pyrrole nitrogens is 1. The maximum absolute atomic E-state index is 14.0. The molecule has 0 saturated carbocycles. The van der Waals surface area contributed by atoms with Crippen molar-refractivity contribution in [3.8, 4) is 0 Å². The van der Waals surface area contributed by atoms with Gasteiger partial charge in [-0.25, -0.2) is 26.9 Å². The molecule has 43 heavy (non-hydrogen) atoms. The summed E-state index contributed by atoms with van der Waals surface area (Å²) in [6.45, 7) is 1.68. The van der Waals surface area contributed by atoms with Crippen LogP contribution in [-0.2, 0) is 22.6 Å². The Morgan fingerprint density at radius 3 is 2.12 bits per heavy atom. The van der Waals surface area contributed by atoms with Crippen molar-refractivity contribution in [2.75, 3.05) is 5.75 Å². The maximum atomic E-state index is 14.0. The Bertz CT molecular complexity index is 1550. The molecule has 1 amide bonds. The average Bonchev–Trinajstić information content (AvgIpc) is 3.55. The lowest BCUT2D eigenvalue weighted by Crippen LogP contribution is -2.38. The molecule has 5 rings (SSSR count). The van der Waals surface area contributed by atoms with E-state index in [4.69, 9.17) is 9.47 Å². The summed E-state index contributed by atoms with van der Waals surface area (Å²) >= 11 is 1.45. The Hall–Kier alpha value is -3.85. The standard InChI is InChI=1S/C29H25F5N4O4S/c1-14-19(12-43-29-36-13-37-38-29)41-28(42-26(14)17-6-4-16(11-39)5-7-17)18-8-2-15(3-9-18)10-35-27(40)20-21(30)23(32)25(34)24(33)22(20)31/h2-9,13-14,19,26,28,39H,10-12H2,1H3,(H,35,40)(H,36,37,38)/t14-,19+,26+,28+/m1/s1. The molecule has 1 aliphatic rings. The molecular formula is C29H25F5N4O4S. The lowest BCUT2D eigenvalue weighted by atomic mass is 9.91. The molecule has 0 radical (unpaired) electrons. The van der Waals surface area contributed by atoms with Crippen LogP contribution in [0.25, 0.3) is 0 Å². The summed E-state index contributed by atoms with van der Waals surface area (Å²) in [4.78, 5) is 16.4. The van der Waals surface area contributed by atoms with Gasteiger partial charge in [-0.3, -0.25) is 9.89 Å². The van der Waals surface area contributed by atoms with E-state index >= 15 is 0 Å². The van der Waals surface area contributed by atoms with Crippen molar-refractivity contribution < 1.29 is 41.3 Å². The van der Waals surface area contributed by atoms with Gasteiger partial charge in [0.05, 0.1) is 18.8 Å². The molecule has 1 aliphatic heterocycles. The third-order valence-corrected chi connectivity index (χ3v) is 8.01. The average molecular weight is 621 g/mol. The topological polar surface area (TPSA) is 109 Å². The van der Waals surface area contributed by atoms with Crippen molar-refractivity contribution in [3.05, 3.63) is 112 Å². The van der Waals surface area contributed by atoms with Gasteiger partial charge in [0.1, 0.15) is 11.9 Å². The quantitative estimate of drug-likeness (QED) is 0.0981. The van der Waals surface area contributed by atoms with E-state index in [1.54, 1.807) is 24.3 Å². The summed E-state index contributed by atoms with van der Waals surface area (Å²) in [7, 11) is 0. The van der Waals surface area contributed by atoms with Gasteiger partial charge in [0, 0.05) is 23.8 Å². The van der Waals surface area contributed by atoms with Gasteiger partial charge in [-0.2, -0.15) is 5.10 Å². The molecule has 3 aromatic carbocycles. The largest absolute Gasteiger partial charge is 0.392 e. The number of halogens is 5. The normalized spacial score (nSPS) is 20.3. The highest BCUT2D eigenvalue weighted by Gasteiger charge is 2.38. The number of benzene rings is 3. The number of aliphatic hydroxyl groups is 1. The number of aliphatic hydroxyl groups excluding tert-OH is 1. The highest BCUT2D eigenvalue weighted by molar-refractivity contribution is 7.99. The van der Waals surface area contributed by atoms with Crippen LogP contribution >= 0.6 is 11.8 Å². The van der Waals surface area contributed by atoms with Gasteiger partial charge >= 0.3 is 0 Å². The second-order valence-corrected chi connectivity index (χ2v) is 10.8.